The van der Waals surface area contributed by atoms with Crippen molar-refractivity contribution in [3.8, 4) is 0 Å². The molecule has 106 valence electrons. The second-order valence-corrected chi connectivity index (χ2v) is 8.43. The molecule has 5 nitrogen and oxygen atoms in total. The van der Waals surface area contributed by atoms with Crippen LogP contribution >= 0.6 is 0 Å². The molecular weight excluding hydrogens is 262 g/mol. The van der Waals surface area contributed by atoms with Crippen LogP contribution < -0.4 is 4.72 Å². The summed E-state index contributed by atoms with van der Waals surface area (Å²) in [6, 6.07) is 0.0288. The highest BCUT2D eigenvalue weighted by Crippen LogP contribution is 2.65. The Bertz CT molecular complexity index is 579. The second kappa shape index (κ2) is 3.82. The standard InChI is InChI=1S/C13H21N3O2S/c1-12(2)9-4-5-13(12,3)11(6-9)16-19(17,18)10-7-14-15-8-10/h7-9,11,16H,4-6H2,1-3H3,(H,14,15). The first kappa shape index (κ1) is 13.1. The molecule has 2 N–H and O–H groups in total. The first-order valence-corrected chi connectivity index (χ1v) is 8.27. The van der Waals surface area contributed by atoms with Crippen LogP contribution in [0, 0.1) is 16.7 Å². The van der Waals surface area contributed by atoms with E-state index in [9.17, 15) is 8.42 Å². The number of fused-ring (bicyclic) bond motifs is 2. The molecule has 0 amide bonds. The van der Waals surface area contributed by atoms with Crippen molar-refractivity contribution in [2.75, 3.05) is 0 Å². The largest absolute Gasteiger partial charge is 0.284 e. The smallest absolute Gasteiger partial charge is 0.243 e. The number of rotatable bonds is 3. The number of H-pyrrole nitrogens is 1. The molecule has 2 saturated carbocycles. The predicted molar refractivity (Wildman–Crippen MR) is 71.9 cm³/mol. The van der Waals surface area contributed by atoms with Gasteiger partial charge in [0.05, 0.1) is 6.20 Å². The molecule has 3 rings (SSSR count). The van der Waals surface area contributed by atoms with Crippen LogP contribution in [-0.2, 0) is 10.0 Å². The summed E-state index contributed by atoms with van der Waals surface area (Å²) in [5.74, 6) is 0.620. The van der Waals surface area contributed by atoms with Crippen LogP contribution in [0.4, 0.5) is 0 Å². The minimum absolute atomic E-state index is 0.0288. The minimum atomic E-state index is -3.45. The van der Waals surface area contributed by atoms with Gasteiger partial charge in [-0.25, -0.2) is 13.1 Å². The summed E-state index contributed by atoms with van der Waals surface area (Å²) in [6.45, 7) is 6.77. The van der Waals surface area contributed by atoms with Gasteiger partial charge in [-0.3, -0.25) is 5.10 Å². The first-order valence-electron chi connectivity index (χ1n) is 6.78. The predicted octanol–water partition coefficient (Wildman–Crippen LogP) is 1.90. The molecule has 0 radical (unpaired) electrons. The molecule has 1 aromatic heterocycles. The van der Waals surface area contributed by atoms with Gasteiger partial charge in [0.25, 0.3) is 0 Å². The Morgan fingerprint density at radius 2 is 2.16 bits per heavy atom. The maximum absolute atomic E-state index is 12.3. The van der Waals surface area contributed by atoms with Gasteiger partial charge in [-0.15, -0.1) is 0 Å². The normalized spacial score (nSPS) is 36.8. The summed E-state index contributed by atoms with van der Waals surface area (Å²) in [5, 5.41) is 6.26. The SMILES string of the molecule is CC1(C)C2CCC1(C)C(NS(=O)(=O)c1cn[nH]c1)C2. The van der Waals surface area contributed by atoms with Crippen LogP contribution in [-0.4, -0.2) is 24.7 Å². The monoisotopic (exact) mass is 283 g/mol. The highest BCUT2D eigenvalue weighted by Gasteiger charge is 2.61. The number of aromatic amines is 1. The van der Waals surface area contributed by atoms with Gasteiger partial charge in [0.1, 0.15) is 4.90 Å². The summed E-state index contributed by atoms with van der Waals surface area (Å²) < 4.78 is 27.5. The lowest BCUT2D eigenvalue weighted by Crippen LogP contribution is -2.46. The Balaban J connectivity index is 1.87. The average molecular weight is 283 g/mol. The van der Waals surface area contributed by atoms with E-state index in [4.69, 9.17) is 0 Å². The van der Waals surface area contributed by atoms with E-state index in [1.165, 1.54) is 18.8 Å². The van der Waals surface area contributed by atoms with E-state index in [2.05, 4.69) is 35.7 Å². The Labute approximate surface area is 114 Å². The molecule has 2 aliphatic carbocycles. The zero-order valence-electron chi connectivity index (χ0n) is 11.6. The van der Waals surface area contributed by atoms with Gasteiger partial charge in [-0.05, 0) is 36.0 Å². The lowest BCUT2D eigenvalue weighted by molar-refractivity contribution is 0.130. The van der Waals surface area contributed by atoms with Gasteiger partial charge in [0.2, 0.25) is 10.0 Å². The molecular formula is C13H21N3O2S. The van der Waals surface area contributed by atoms with E-state index in [-0.39, 0.29) is 21.8 Å². The van der Waals surface area contributed by atoms with Crippen LogP contribution in [0.3, 0.4) is 0 Å². The fourth-order valence-electron chi connectivity index (χ4n) is 4.02. The summed E-state index contributed by atoms with van der Waals surface area (Å²) in [4.78, 5) is 0.219. The highest BCUT2D eigenvalue weighted by molar-refractivity contribution is 7.89. The number of nitrogens with zero attached hydrogens (tertiary/aromatic N) is 1. The molecule has 0 aromatic carbocycles. The molecule has 6 heteroatoms. The number of hydrogen-bond acceptors (Lipinski definition) is 3. The maximum atomic E-state index is 12.3. The van der Waals surface area contributed by atoms with Crippen molar-refractivity contribution < 1.29 is 8.42 Å². The van der Waals surface area contributed by atoms with E-state index in [1.807, 2.05) is 0 Å². The number of sulfonamides is 1. The van der Waals surface area contributed by atoms with Gasteiger partial charge in [0, 0.05) is 12.2 Å². The van der Waals surface area contributed by atoms with Crippen molar-refractivity contribution in [1.29, 1.82) is 0 Å². The second-order valence-electron chi connectivity index (χ2n) is 6.72. The zero-order chi connectivity index (χ0) is 13.9. The molecule has 2 aliphatic rings. The van der Waals surface area contributed by atoms with Gasteiger partial charge >= 0.3 is 0 Å². The summed E-state index contributed by atoms with van der Waals surface area (Å²) in [6.07, 6.45) is 6.03. The number of nitrogens with one attached hydrogen (secondary N) is 2. The fraction of sp³-hybridized carbons (Fsp3) is 0.769. The van der Waals surface area contributed by atoms with E-state index in [0.29, 0.717) is 5.92 Å². The summed E-state index contributed by atoms with van der Waals surface area (Å²) in [5.41, 5.74) is 0.255. The minimum Gasteiger partial charge on any atom is -0.284 e. The third-order valence-electron chi connectivity index (χ3n) is 5.87. The molecule has 3 unspecified atom stereocenters. The Kier molecular flexibility index (Phi) is 2.64. The molecule has 2 fully saturated rings. The van der Waals surface area contributed by atoms with Crippen LogP contribution in [0.5, 0.6) is 0 Å². The molecule has 3 atom stereocenters. The van der Waals surface area contributed by atoms with Crippen molar-refractivity contribution in [3.63, 3.8) is 0 Å². The summed E-state index contributed by atoms with van der Waals surface area (Å²) >= 11 is 0. The fourth-order valence-corrected chi connectivity index (χ4v) is 5.29. The number of hydrogen-bond donors (Lipinski definition) is 2. The van der Waals surface area contributed by atoms with Crippen LogP contribution in [0.2, 0.25) is 0 Å². The topological polar surface area (TPSA) is 74.8 Å². The first-order chi connectivity index (χ1) is 8.77. The van der Waals surface area contributed by atoms with Gasteiger partial charge in [-0.1, -0.05) is 20.8 Å². The molecule has 1 aromatic rings. The van der Waals surface area contributed by atoms with E-state index >= 15 is 0 Å². The third kappa shape index (κ3) is 1.69. The lowest BCUT2D eigenvalue weighted by atomic mass is 9.69. The van der Waals surface area contributed by atoms with Crippen molar-refractivity contribution in [1.82, 2.24) is 14.9 Å². The molecule has 2 bridgehead atoms. The molecule has 0 saturated heterocycles. The molecule has 0 spiro atoms. The quantitative estimate of drug-likeness (QED) is 0.889. The van der Waals surface area contributed by atoms with E-state index in [0.717, 1.165) is 12.8 Å². The van der Waals surface area contributed by atoms with Gasteiger partial charge in [-0.2, -0.15) is 5.10 Å². The Morgan fingerprint density at radius 1 is 1.42 bits per heavy atom. The molecule has 19 heavy (non-hydrogen) atoms. The van der Waals surface area contributed by atoms with Crippen LogP contribution in [0.25, 0.3) is 0 Å². The van der Waals surface area contributed by atoms with Crippen molar-refractivity contribution in [2.24, 2.45) is 16.7 Å². The van der Waals surface area contributed by atoms with Crippen molar-refractivity contribution in [3.05, 3.63) is 12.4 Å². The lowest BCUT2D eigenvalue weighted by Gasteiger charge is -2.39. The zero-order valence-corrected chi connectivity index (χ0v) is 12.4. The highest BCUT2D eigenvalue weighted by atomic mass is 32.2. The van der Waals surface area contributed by atoms with Crippen LogP contribution in [0.1, 0.15) is 40.0 Å². The van der Waals surface area contributed by atoms with Gasteiger partial charge < -0.3 is 0 Å². The summed E-state index contributed by atoms with van der Waals surface area (Å²) in [7, 11) is -3.45. The van der Waals surface area contributed by atoms with E-state index in [1.54, 1.807) is 0 Å². The average Bonchev–Trinajstić information content (AvgIpc) is 2.95. The van der Waals surface area contributed by atoms with E-state index < -0.39 is 10.0 Å². The molecule has 1 heterocycles. The van der Waals surface area contributed by atoms with Gasteiger partial charge in [0.15, 0.2) is 0 Å². The number of aromatic nitrogens is 2. The maximum Gasteiger partial charge on any atom is 0.243 e. The molecule has 0 aliphatic heterocycles. The Morgan fingerprint density at radius 3 is 2.63 bits per heavy atom. The van der Waals surface area contributed by atoms with Crippen LogP contribution in [0.15, 0.2) is 17.3 Å². The van der Waals surface area contributed by atoms with Crippen molar-refractivity contribution in [2.45, 2.75) is 51.0 Å². The third-order valence-corrected chi connectivity index (χ3v) is 7.31. The Hall–Kier alpha value is -0.880. The van der Waals surface area contributed by atoms with Crippen molar-refractivity contribution >= 4 is 10.0 Å².